The maximum absolute atomic E-state index is 14.0. The van der Waals surface area contributed by atoms with Crippen LogP contribution in [0.4, 0.5) is 18.9 Å². The Hall–Kier alpha value is -3.09. The molecule has 2 amide bonds. The monoisotopic (exact) mass is 687 g/mol. The smallest absolute Gasteiger partial charge is 0.352 e. The van der Waals surface area contributed by atoms with Crippen molar-refractivity contribution in [1.82, 2.24) is 10.2 Å². The van der Waals surface area contributed by atoms with E-state index in [4.69, 9.17) is 11.6 Å². The maximum Gasteiger partial charge on any atom is 0.417 e. The Morgan fingerprint density at radius 3 is 2.14 bits per heavy atom. The molecule has 7 nitrogen and oxygen atoms in total. The highest BCUT2D eigenvalue weighted by molar-refractivity contribution is 9.10. The van der Waals surface area contributed by atoms with E-state index < -0.39 is 56.9 Å². The molecule has 0 bridgehead atoms. The largest absolute Gasteiger partial charge is 0.417 e. The summed E-state index contributed by atoms with van der Waals surface area (Å²) in [6, 6.07) is 17.3. The van der Waals surface area contributed by atoms with Crippen molar-refractivity contribution in [2.75, 3.05) is 17.1 Å². The van der Waals surface area contributed by atoms with Gasteiger partial charge >= 0.3 is 6.18 Å². The van der Waals surface area contributed by atoms with E-state index in [1.807, 2.05) is 6.07 Å². The Labute approximate surface area is 256 Å². The summed E-state index contributed by atoms with van der Waals surface area (Å²) in [6.07, 6.45) is -3.96. The molecule has 0 saturated carbocycles. The van der Waals surface area contributed by atoms with Gasteiger partial charge in [0.1, 0.15) is 12.6 Å². The molecule has 226 valence electrons. The van der Waals surface area contributed by atoms with Crippen LogP contribution in [0.3, 0.4) is 0 Å². The first-order chi connectivity index (χ1) is 19.6. The summed E-state index contributed by atoms with van der Waals surface area (Å²) in [5.74, 6) is -1.25. The molecule has 0 aliphatic carbocycles. The second kappa shape index (κ2) is 13.9. The van der Waals surface area contributed by atoms with Gasteiger partial charge in [-0.15, -0.1) is 0 Å². The zero-order valence-electron chi connectivity index (χ0n) is 23.0. The van der Waals surface area contributed by atoms with Gasteiger partial charge in [0.2, 0.25) is 21.8 Å². The first-order valence-corrected chi connectivity index (χ1v) is 15.8. The zero-order valence-corrected chi connectivity index (χ0v) is 26.2. The van der Waals surface area contributed by atoms with Crippen LogP contribution >= 0.6 is 27.5 Å². The van der Waals surface area contributed by atoms with Crippen LogP contribution in [0.25, 0.3) is 0 Å². The standard InChI is InChI=1S/C29H30BrClF3N3O4S/c1-19(2)35-28(39)26(15-20-7-5-4-6-8-20)36(17-21-9-11-22(30)12-10-21)27(38)18-37(42(3,40)41)23-13-14-25(31)24(16-23)29(32,33)34/h4-14,16,19,26H,15,17-18H2,1-3H3,(H,35,39)/t26-/m0/s1. The third kappa shape index (κ3) is 9.20. The van der Waals surface area contributed by atoms with Gasteiger partial charge in [0.05, 0.1) is 22.5 Å². The molecule has 3 aromatic rings. The van der Waals surface area contributed by atoms with Gasteiger partial charge < -0.3 is 10.2 Å². The lowest BCUT2D eigenvalue weighted by Gasteiger charge is -2.34. The summed E-state index contributed by atoms with van der Waals surface area (Å²) >= 11 is 9.10. The number of benzene rings is 3. The summed E-state index contributed by atoms with van der Waals surface area (Å²) in [6.45, 7) is 2.61. The third-order valence-electron chi connectivity index (χ3n) is 6.19. The Balaban J connectivity index is 2.09. The number of alkyl halides is 3. The first kappa shape index (κ1) is 33.4. The molecule has 1 N–H and O–H groups in total. The van der Waals surface area contributed by atoms with Crippen LogP contribution in [0.2, 0.25) is 5.02 Å². The SMILES string of the molecule is CC(C)NC(=O)[C@H](Cc1ccccc1)N(Cc1ccc(Br)cc1)C(=O)CN(c1ccc(Cl)c(C(F)(F)F)c1)S(C)(=O)=O. The molecule has 0 spiro atoms. The van der Waals surface area contributed by atoms with E-state index in [9.17, 15) is 31.2 Å². The lowest BCUT2D eigenvalue weighted by atomic mass is 10.0. The first-order valence-electron chi connectivity index (χ1n) is 12.8. The Morgan fingerprint density at radius 1 is 0.976 bits per heavy atom. The van der Waals surface area contributed by atoms with Crippen LogP contribution in [0.5, 0.6) is 0 Å². The van der Waals surface area contributed by atoms with Gasteiger partial charge in [-0.25, -0.2) is 8.42 Å². The van der Waals surface area contributed by atoms with E-state index in [0.717, 1.165) is 28.4 Å². The Kier molecular flexibility index (Phi) is 11.1. The van der Waals surface area contributed by atoms with Crippen LogP contribution in [0.1, 0.15) is 30.5 Å². The van der Waals surface area contributed by atoms with Crippen LogP contribution in [0, 0.1) is 0 Å². The minimum atomic E-state index is -4.86. The number of hydrogen-bond donors (Lipinski definition) is 1. The number of sulfonamides is 1. The zero-order chi connectivity index (χ0) is 31.2. The van der Waals surface area contributed by atoms with Crippen LogP contribution in [0.15, 0.2) is 77.3 Å². The molecule has 0 aromatic heterocycles. The van der Waals surface area contributed by atoms with E-state index in [1.54, 1.807) is 62.4 Å². The molecule has 0 fully saturated rings. The average Bonchev–Trinajstić information content (AvgIpc) is 2.89. The summed E-state index contributed by atoms with van der Waals surface area (Å²) in [5, 5.41) is 2.21. The van der Waals surface area contributed by atoms with Crippen molar-refractivity contribution >= 4 is 55.1 Å². The molecule has 0 heterocycles. The summed E-state index contributed by atoms with van der Waals surface area (Å²) in [7, 11) is -4.26. The van der Waals surface area contributed by atoms with Gasteiger partial charge in [0.25, 0.3) is 0 Å². The second-order valence-corrected chi connectivity index (χ2v) is 13.2. The molecule has 1 atom stereocenters. The topological polar surface area (TPSA) is 86.8 Å². The van der Waals surface area contributed by atoms with E-state index >= 15 is 0 Å². The number of hydrogen-bond acceptors (Lipinski definition) is 4. The van der Waals surface area contributed by atoms with Gasteiger partial charge in [0, 0.05) is 23.5 Å². The lowest BCUT2D eigenvalue weighted by molar-refractivity contribution is -0.140. The van der Waals surface area contributed by atoms with Crippen LogP contribution < -0.4 is 9.62 Å². The molecule has 0 saturated heterocycles. The lowest BCUT2D eigenvalue weighted by Crippen LogP contribution is -2.54. The summed E-state index contributed by atoms with van der Waals surface area (Å²) in [5.41, 5.74) is -0.230. The fraction of sp³-hybridized carbons (Fsp3) is 0.310. The van der Waals surface area contributed by atoms with Crippen molar-refractivity contribution in [2.24, 2.45) is 0 Å². The normalized spacial score (nSPS) is 12.6. The number of amides is 2. The maximum atomic E-state index is 14.0. The number of nitrogens with one attached hydrogen (secondary N) is 1. The fourth-order valence-corrected chi connectivity index (χ4v) is 5.55. The van der Waals surface area contributed by atoms with Gasteiger partial charge in [0.15, 0.2) is 0 Å². The minimum Gasteiger partial charge on any atom is -0.352 e. The third-order valence-corrected chi connectivity index (χ3v) is 8.19. The molecular weight excluding hydrogens is 659 g/mol. The number of anilines is 1. The van der Waals surface area contributed by atoms with Gasteiger partial charge in [-0.3, -0.25) is 13.9 Å². The molecule has 13 heteroatoms. The molecular formula is C29H30BrClF3N3O4S. The van der Waals surface area contributed by atoms with Crippen molar-refractivity contribution in [3.8, 4) is 0 Å². The number of nitrogens with zero attached hydrogens (tertiary/aromatic N) is 2. The quantitative estimate of drug-likeness (QED) is 0.266. The highest BCUT2D eigenvalue weighted by Gasteiger charge is 2.36. The second-order valence-electron chi connectivity index (χ2n) is 9.95. The van der Waals surface area contributed by atoms with Gasteiger partial charge in [-0.05, 0) is 55.3 Å². The minimum absolute atomic E-state index is 0.0683. The Bertz CT molecular complexity index is 1500. The highest BCUT2D eigenvalue weighted by atomic mass is 79.9. The van der Waals surface area contributed by atoms with E-state index in [0.29, 0.717) is 15.9 Å². The number of carbonyl (C=O) groups is 2. The predicted octanol–water partition coefficient (Wildman–Crippen LogP) is 6.05. The van der Waals surface area contributed by atoms with Crippen LogP contribution in [-0.2, 0) is 38.8 Å². The Morgan fingerprint density at radius 2 is 1.60 bits per heavy atom. The molecule has 0 radical (unpaired) electrons. The molecule has 3 aromatic carbocycles. The number of halogens is 5. The van der Waals surface area contributed by atoms with E-state index in [-0.39, 0.29) is 19.0 Å². The molecule has 3 rings (SSSR count). The summed E-state index contributed by atoms with van der Waals surface area (Å²) < 4.78 is 67.8. The van der Waals surface area contributed by atoms with Crippen molar-refractivity contribution in [1.29, 1.82) is 0 Å². The highest BCUT2D eigenvalue weighted by Crippen LogP contribution is 2.37. The van der Waals surface area contributed by atoms with Gasteiger partial charge in [-0.1, -0.05) is 70.0 Å². The molecule has 0 unspecified atom stereocenters. The van der Waals surface area contributed by atoms with Crippen molar-refractivity contribution in [2.45, 2.75) is 45.1 Å². The average molecular weight is 689 g/mol. The van der Waals surface area contributed by atoms with Crippen molar-refractivity contribution in [3.63, 3.8) is 0 Å². The van der Waals surface area contributed by atoms with Crippen molar-refractivity contribution < 1.29 is 31.2 Å². The molecule has 0 aliphatic rings. The molecule has 42 heavy (non-hydrogen) atoms. The van der Waals surface area contributed by atoms with E-state index in [2.05, 4.69) is 21.2 Å². The predicted molar refractivity (Wildman–Crippen MR) is 161 cm³/mol. The summed E-state index contributed by atoms with van der Waals surface area (Å²) in [4.78, 5) is 28.8. The molecule has 0 aliphatic heterocycles. The van der Waals surface area contributed by atoms with Crippen LogP contribution in [-0.4, -0.2) is 50.0 Å². The number of rotatable bonds is 11. The fourth-order valence-electron chi connectivity index (χ4n) is 4.22. The number of carbonyl (C=O) groups excluding carboxylic acids is 2. The van der Waals surface area contributed by atoms with Gasteiger partial charge in [-0.2, -0.15) is 13.2 Å². The van der Waals surface area contributed by atoms with E-state index in [1.165, 1.54) is 4.90 Å². The van der Waals surface area contributed by atoms with Crippen molar-refractivity contribution in [3.05, 3.63) is 99.0 Å².